The molecule has 0 N–H and O–H groups in total. The van der Waals surface area contributed by atoms with Gasteiger partial charge in [-0.15, -0.1) is 29.1 Å². The first-order valence-corrected chi connectivity index (χ1v) is 21.9. The van der Waals surface area contributed by atoms with Crippen molar-refractivity contribution in [2.45, 2.75) is 33.1 Å². The smallest absolute Gasteiger partial charge is 0.509 e. The Morgan fingerprint density at radius 1 is 0.582 bits per heavy atom. The molecule has 10 aromatic rings. The molecule has 0 saturated carbocycles. The van der Waals surface area contributed by atoms with Gasteiger partial charge < -0.3 is 9.30 Å². The van der Waals surface area contributed by atoms with Crippen molar-refractivity contribution in [1.29, 1.82) is 0 Å². The van der Waals surface area contributed by atoms with Gasteiger partial charge in [-0.05, 0) is 92.6 Å². The van der Waals surface area contributed by atoms with E-state index in [2.05, 4.69) is 105 Å². The Morgan fingerprint density at radius 2 is 1.24 bits per heavy atom. The number of aromatic nitrogens is 2. The monoisotopic (exact) mass is 1060 g/mol. The number of fused-ring (bicyclic) bond motifs is 4. The van der Waals surface area contributed by atoms with Gasteiger partial charge in [0.15, 0.2) is 0 Å². The zero-order chi connectivity index (χ0) is 45.1. The maximum Gasteiger partial charge on any atom is 2.00 e. The van der Waals surface area contributed by atoms with Crippen molar-refractivity contribution in [3.63, 3.8) is 0 Å². The van der Waals surface area contributed by atoms with Crippen molar-refractivity contribution in [2.24, 2.45) is 0 Å². The molecule has 8 heteroatoms. The molecule has 11 rings (SSSR count). The van der Waals surface area contributed by atoms with E-state index in [0.29, 0.717) is 28.3 Å². The summed E-state index contributed by atoms with van der Waals surface area (Å²) in [6.07, 6.45) is 1.87. The van der Waals surface area contributed by atoms with Crippen LogP contribution < -0.4 is 13.9 Å². The van der Waals surface area contributed by atoms with Crippen molar-refractivity contribution >= 4 is 50.6 Å². The molecule has 0 saturated heterocycles. The van der Waals surface area contributed by atoms with Gasteiger partial charge in [-0.2, -0.15) is 6.07 Å². The van der Waals surface area contributed by atoms with E-state index in [1.165, 1.54) is 17.7 Å². The zero-order valence-electron chi connectivity index (χ0n) is 37.1. The van der Waals surface area contributed by atoms with E-state index in [4.69, 9.17) is 9.72 Å². The van der Waals surface area contributed by atoms with Gasteiger partial charge in [0.25, 0.3) is 11.4 Å². The summed E-state index contributed by atoms with van der Waals surface area (Å²) in [7, 11) is 0. The quantitative estimate of drug-likeness (QED) is 0.112. The van der Waals surface area contributed by atoms with Crippen molar-refractivity contribution in [1.82, 2.24) is 18.7 Å². The fourth-order valence-electron chi connectivity index (χ4n) is 9.04. The SMILES string of the molecule is Cc1ccccc1-c1cc(Oc2[c-]c3c(cc2)c2ccccc2n3-c2cc(C(C)(C)C)ccn2)[c-]c([N+]2=C=[N+](c3c(-c4ccccc4)cccc3-c3cc(F)cc(F)c3)c3ccccc32)c1.[Pt+2]. The largest absolute Gasteiger partial charge is 2.00 e. The third-order valence-corrected chi connectivity index (χ3v) is 12.2. The van der Waals surface area contributed by atoms with Crippen LogP contribution in [0.4, 0.5) is 31.5 Å². The molecule has 0 spiro atoms. The van der Waals surface area contributed by atoms with E-state index in [1.54, 1.807) is 0 Å². The molecule has 0 amide bonds. The summed E-state index contributed by atoms with van der Waals surface area (Å²) < 4.78 is 42.8. The van der Waals surface area contributed by atoms with Crippen molar-refractivity contribution in [3.8, 4) is 50.7 Å². The molecule has 0 radical (unpaired) electrons. The second-order valence-corrected chi connectivity index (χ2v) is 17.6. The molecule has 1 aliphatic heterocycles. The normalized spacial score (nSPS) is 12.1. The standard InChI is InChI=1S/C59H42F2N4O.Pt/c1-38-15-8-9-18-48(38)41-31-45(35-47(32-41)66-46-25-26-52-51-19-10-11-22-53(51)65(56(52)36-46)57-33-42(27-28-62-57)59(2,3)4)63-37-64(55-24-13-12-23-54(55)63)58-49(39-16-6-5-7-17-39)20-14-21-50(58)40-29-43(60)34-44(61)30-40;/h5-34H,1-4H3;/q;+2. The summed E-state index contributed by atoms with van der Waals surface area (Å²) in [6, 6.07) is 67.4. The first-order valence-electron chi connectivity index (χ1n) is 21.9. The van der Waals surface area contributed by atoms with Crippen LogP contribution in [0, 0.1) is 30.7 Å². The Kier molecular flexibility index (Phi) is 11.2. The van der Waals surface area contributed by atoms with Crippen LogP contribution in [0.15, 0.2) is 182 Å². The minimum absolute atomic E-state index is 0. The van der Waals surface area contributed by atoms with E-state index in [9.17, 15) is 8.78 Å². The van der Waals surface area contributed by atoms with Crippen LogP contribution in [-0.2, 0) is 26.5 Å². The topological polar surface area (TPSA) is 33.1 Å². The Bertz CT molecular complexity index is 3620. The van der Waals surface area contributed by atoms with Crippen molar-refractivity contribution in [3.05, 3.63) is 217 Å². The fourth-order valence-corrected chi connectivity index (χ4v) is 9.04. The third kappa shape index (κ3) is 8.01. The first-order chi connectivity index (χ1) is 32.1. The summed E-state index contributed by atoms with van der Waals surface area (Å²) in [4.78, 5) is 4.86. The van der Waals surface area contributed by atoms with E-state index in [0.717, 1.165) is 78.6 Å². The fraction of sp³-hybridized carbons (Fsp3) is 0.0847. The first kappa shape index (κ1) is 43.3. The number of nitrogens with zero attached hydrogens (tertiary/aromatic N) is 4. The molecule has 3 heterocycles. The number of halogens is 2. The van der Waals surface area contributed by atoms with Crippen LogP contribution in [0.1, 0.15) is 31.9 Å². The number of pyridine rings is 1. The average molecular weight is 1060 g/mol. The molecule has 326 valence electrons. The Hall–Kier alpha value is -7.56. The van der Waals surface area contributed by atoms with Crippen molar-refractivity contribution < 1.29 is 34.6 Å². The van der Waals surface area contributed by atoms with Gasteiger partial charge >= 0.3 is 27.1 Å². The van der Waals surface area contributed by atoms with Crippen LogP contribution in [0.3, 0.4) is 0 Å². The average Bonchev–Trinajstić information content (AvgIpc) is 3.87. The Balaban J connectivity index is 0.00000525. The van der Waals surface area contributed by atoms with E-state index in [1.807, 2.05) is 118 Å². The van der Waals surface area contributed by atoms with Crippen LogP contribution in [0.5, 0.6) is 11.5 Å². The number of ether oxygens (including phenoxy) is 1. The molecule has 0 unspecified atom stereocenters. The predicted octanol–water partition coefficient (Wildman–Crippen LogP) is 15.3. The van der Waals surface area contributed by atoms with Crippen LogP contribution in [0.25, 0.3) is 61.0 Å². The van der Waals surface area contributed by atoms with Gasteiger partial charge in [0.2, 0.25) is 5.69 Å². The number of para-hydroxylation sites is 4. The minimum atomic E-state index is -0.656. The molecule has 0 atom stereocenters. The van der Waals surface area contributed by atoms with Gasteiger partial charge in [0, 0.05) is 41.4 Å². The predicted molar refractivity (Wildman–Crippen MR) is 263 cm³/mol. The van der Waals surface area contributed by atoms with Gasteiger partial charge in [0.05, 0.1) is 11.1 Å². The molecular weight excluding hydrogens is 1010 g/mol. The Morgan fingerprint density at radius 3 is 2.00 bits per heavy atom. The summed E-state index contributed by atoms with van der Waals surface area (Å²) in [5, 5.41) is 2.13. The molecule has 1 aliphatic rings. The summed E-state index contributed by atoms with van der Waals surface area (Å²) in [6.45, 7) is 8.71. The van der Waals surface area contributed by atoms with E-state index in [-0.39, 0.29) is 26.5 Å². The molecule has 0 fully saturated rings. The van der Waals surface area contributed by atoms with Gasteiger partial charge in [0.1, 0.15) is 23.1 Å². The second-order valence-electron chi connectivity index (χ2n) is 17.6. The number of aryl methyl sites for hydroxylation is 1. The second kappa shape index (κ2) is 17.3. The maximum atomic E-state index is 14.9. The summed E-state index contributed by atoms with van der Waals surface area (Å²) in [5.41, 5.74) is 12.0. The summed E-state index contributed by atoms with van der Waals surface area (Å²) >= 11 is 0. The molecule has 8 aromatic carbocycles. The maximum absolute atomic E-state index is 14.9. The van der Waals surface area contributed by atoms with Gasteiger partial charge in [-0.3, -0.25) is 0 Å². The van der Waals surface area contributed by atoms with E-state index < -0.39 is 11.6 Å². The number of hydrogen-bond donors (Lipinski definition) is 0. The number of hydrogen-bond acceptors (Lipinski definition) is 2. The number of rotatable bonds is 8. The van der Waals surface area contributed by atoms with Crippen LogP contribution in [-0.4, -0.2) is 15.6 Å². The zero-order valence-corrected chi connectivity index (χ0v) is 39.4. The van der Waals surface area contributed by atoms with Gasteiger partial charge in [-0.25, -0.2) is 13.8 Å². The van der Waals surface area contributed by atoms with Gasteiger partial charge in [-0.1, -0.05) is 134 Å². The molecular formula is C59H42F2N4OPt+2. The molecule has 5 nitrogen and oxygen atoms in total. The summed E-state index contributed by atoms with van der Waals surface area (Å²) in [5.74, 6) is 0.493. The molecule has 2 aromatic heterocycles. The van der Waals surface area contributed by atoms with Crippen molar-refractivity contribution in [2.75, 3.05) is 0 Å². The third-order valence-electron chi connectivity index (χ3n) is 12.2. The van der Waals surface area contributed by atoms with Crippen LogP contribution in [0.2, 0.25) is 0 Å². The van der Waals surface area contributed by atoms with Crippen LogP contribution >= 0.6 is 0 Å². The molecule has 0 bridgehead atoms. The molecule has 67 heavy (non-hydrogen) atoms. The number of benzene rings is 8. The minimum Gasteiger partial charge on any atom is -0.509 e. The Labute approximate surface area is 402 Å². The molecule has 0 aliphatic carbocycles. The van der Waals surface area contributed by atoms with E-state index >= 15 is 0 Å².